The fourth-order valence-electron chi connectivity index (χ4n) is 2.71. The van der Waals surface area contributed by atoms with Gasteiger partial charge in [0.2, 0.25) is 11.7 Å². The summed E-state index contributed by atoms with van der Waals surface area (Å²) in [6.07, 6.45) is 0.562. The van der Waals surface area contributed by atoms with Gasteiger partial charge in [0.1, 0.15) is 5.01 Å². The molecule has 0 saturated heterocycles. The van der Waals surface area contributed by atoms with Crippen LogP contribution in [0.2, 0.25) is 0 Å². The molecule has 0 amide bonds. The van der Waals surface area contributed by atoms with Crippen molar-refractivity contribution < 1.29 is 4.52 Å². The molecule has 3 aromatic heterocycles. The van der Waals surface area contributed by atoms with E-state index >= 15 is 0 Å². The SMILES string of the molecule is Cc1cc(C)c(-c2csc(Cc3nc(-c4cccs4)no3)n2)cc1C. The van der Waals surface area contributed by atoms with E-state index in [4.69, 9.17) is 9.51 Å². The Labute approximate surface area is 154 Å². The van der Waals surface area contributed by atoms with Gasteiger partial charge in [-0.25, -0.2) is 4.98 Å². The maximum Gasteiger partial charge on any atom is 0.233 e. The van der Waals surface area contributed by atoms with E-state index in [1.165, 1.54) is 22.3 Å². The van der Waals surface area contributed by atoms with E-state index in [9.17, 15) is 0 Å². The van der Waals surface area contributed by atoms with Crippen molar-refractivity contribution in [1.29, 1.82) is 0 Å². The summed E-state index contributed by atoms with van der Waals surface area (Å²) in [4.78, 5) is 10.3. The van der Waals surface area contributed by atoms with Gasteiger partial charge in [-0.3, -0.25) is 0 Å². The average molecular weight is 367 g/mol. The highest BCUT2D eigenvalue weighted by Crippen LogP contribution is 2.29. The Balaban J connectivity index is 1.57. The highest BCUT2D eigenvalue weighted by molar-refractivity contribution is 7.13. The zero-order valence-electron chi connectivity index (χ0n) is 14.2. The van der Waals surface area contributed by atoms with Gasteiger partial charge in [0.25, 0.3) is 0 Å². The Morgan fingerprint density at radius 3 is 2.64 bits per heavy atom. The quantitative estimate of drug-likeness (QED) is 0.482. The minimum absolute atomic E-state index is 0.562. The van der Waals surface area contributed by atoms with Crippen LogP contribution < -0.4 is 0 Å². The fourth-order valence-corrected chi connectivity index (χ4v) is 4.15. The van der Waals surface area contributed by atoms with Crippen molar-refractivity contribution in [3.8, 4) is 22.0 Å². The van der Waals surface area contributed by atoms with Gasteiger partial charge in [0.15, 0.2) is 0 Å². The lowest BCUT2D eigenvalue weighted by atomic mass is 9.99. The van der Waals surface area contributed by atoms with Crippen molar-refractivity contribution in [2.45, 2.75) is 27.2 Å². The Morgan fingerprint density at radius 1 is 1.00 bits per heavy atom. The summed E-state index contributed by atoms with van der Waals surface area (Å²) in [6, 6.07) is 8.40. The zero-order chi connectivity index (χ0) is 17.4. The molecule has 3 heterocycles. The first-order chi connectivity index (χ1) is 12.1. The second-order valence-electron chi connectivity index (χ2n) is 6.04. The lowest BCUT2D eigenvalue weighted by molar-refractivity contribution is 0.385. The smallest absolute Gasteiger partial charge is 0.233 e. The molecule has 0 radical (unpaired) electrons. The molecule has 0 N–H and O–H groups in total. The fraction of sp³-hybridized carbons (Fsp3) is 0.211. The van der Waals surface area contributed by atoms with Crippen LogP contribution in [0.1, 0.15) is 27.6 Å². The Bertz CT molecular complexity index is 1020. The van der Waals surface area contributed by atoms with E-state index in [2.05, 4.69) is 48.4 Å². The third-order valence-corrected chi connectivity index (χ3v) is 5.90. The van der Waals surface area contributed by atoms with E-state index in [1.807, 2.05) is 17.5 Å². The molecule has 4 rings (SSSR count). The number of aryl methyl sites for hydroxylation is 3. The summed E-state index contributed by atoms with van der Waals surface area (Å²) in [5.41, 5.74) is 6.04. The summed E-state index contributed by atoms with van der Waals surface area (Å²) in [6.45, 7) is 6.40. The standard InChI is InChI=1S/C19H17N3OS2/c1-11-7-13(3)14(8-12(11)2)15-10-25-18(20-15)9-17-21-19(22-23-17)16-5-4-6-24-16/h4-8,10H,9H2,1-3H3. The van der Waals surface area contributed by atoms with E-state index in [1.54, 1.807) is 22.7 Å². The number of benzene rings is 1. The van der Waals surface area contributed by atoms with Crippen LogP contribution in [0.4, 0.5) is 0 Å². The Hall–Kier alpha value is -2.31. The minimum Gasteiger partial charge on any atom is -0.338 e. The molecular formula is C19H17N3OS2. The monoisotopic (exact) mass is 367 g/mol. The van der Waals surface area contributed by atoms with Crippen LogP contribution in [0.25, 0.3) is 22.0 Å². The van der Waals surface area contributed by atoms with Gasteiger partial charge < -0.3 is 4.52 Å². The number of thiophene rings is 1. The molecule has 0 bridgehead atoms. The number of rotatable bonds is 4. The summed E-state index contributed by atoms with van der Waals surface area (Å²) in [5, 5.41) is 9.14. The summed E-state index contributed by atoms with van der Waals surface area (Å²) < 4.78 is 5.38. The maximum atomic E-state index is 5.38. The van der Waals surface area contributed by atoms with Crippen molar-refractivity contribution in [1.82, 2.24) is 15.1 Å². The second-order valence-corrected chi connectivity index (χ2v) is 7.93. The molecule has 1 aromatic carbocycles. The predicted octanol–water partition coefficient (Wildman–Crippen LogP) is 5.44. The van der Waals surface area contributed by atoms with Gasteiger partial charge in [-0.1, -0.05) is 17.3 Å². The first-order valence-electron chi connectivity index (χ1n) is 7.99. The van der Waals surface area contributed by atoms with Crippen molar-refractivity contribution in [2.24, 2.45) is 0 Å². The molecule has 4 nitrogen and oxygen atoms in total. The van der Waals surface area contributed by atoms with Crippen LogP contribution in [0.15, 0.2) is 39.5 Å². The molecule has 0 spiro atoms. The van der Waals surface area contributed by atoms with Crippen LogP contribution >= 0.6 is 22.7 Å². The zero-order valence-corrected chi connectivity index (χ0v) is 15.9. The molecule has 0 unspecified atom stereocenters. The number of nitrogens with zero attached hydrogens (tertiary/aromatic N) is 3. The first-order valence-corrected chi connectivity index (χ1v) is 9.75. The maximum absolute atomic E-state index is 5.38. The molecule has 4 aromatic rings. The van der Waals surface area contributed by atoms with Crippen LogP contribution in [0.3, 0.4) is 0 Å². The van der Waals surface area contributed by atoms with E-state index < -0.39 is 0 Å². The lowest BCUT2D eigenvalue weighted by Crippen LogP contribution is -1.91. The van der Waals surface area contributed by atoms with Gasteiger partial charge in [0.05, 0.1) is 17.0 Å². The number of hydrogen-bond acceptors (Lipinski definition) is 6. The second kappa shape index (κ2) is 6.54. The molecule has 0 aliphatic carbocycles. The van der Waals surface area contributed by atoms with Gasteiger partial charge in [-0.2, -0.15) is 4.98 Å². The lowest BCUT2D eigenvalue weighted by Gasteiger charge is -2.07. The van der Waals surface area contributed by atoms with Crippen molar-refractivity contribution in [2.75, 3.05) is 0 Å². The van der Waals surface area contributed by atoms with E-state index in [0.29, 0.717) is 18.1 Å². The van der Waals surface area contributed by atoms with Crippen molar-refractivity contribution in [3.05, 3.63) is 62.6 Å². The molecular weight excluding hydrogens is 350 g/mol. The Kier molecular flexibility index (Phi) is 4.23. The molecule has 25 heavy (non-hydrogen) atoms. The van der Waals surface area contributed by atoms with Crippen LogP contribution in [0, 0.1) is 20.8 Å². The van der Waals surface area contributed by atoms with E-state index in [0.717, 1.165) is 15.6 Å². The minimum atomic E-state index is 0.562. The van der Waals surface area contributed by atoms with Crippen LogP contribution in [-0.4, -0.2) is 15.1 Å². The van der Waals surface area contributed by atoms with Gasteiger partial charge in [0, 0.05) is 10.9 Å². The highest BCUT2D eigenvalue weighted by Gasteiger charge is 2.14. The van der Waals surface area contributed by atoms with Gasteiger partial charge in [-0.05, 0) is 55.0 Å². The van der Waals surface area contributed by atoms with Gasteiger partial charge in [-0.15, -0.1) is 22.7 Å². The van der Waals surface area contributed by atoms with Crippen LogP contribution in [-0.2, 0) is 6.42 Å². The molecule has 0 saturated carbocycles. The van der Waals surface area contributed by atoms with E-state index in [-0.39, 0.29) is 0 Å². The third-order valence-electron chi connectivity index (χ3n) is 4.18. The third kappa shape index (κ3) is 3.27. The molecule has 126 valence electrons. The predicted molar refractivity (Wildman–Crippen MR) is 102 cm³/mol. The molecule has 0 aliphatic rings. The summed E-state index contributed by atoms with van der Waals surface area (Å²) >= 11 is 3.23. The molecule has 0 atom stereocenters. The normalized spacial score (nSPS) is 11.2. The van der Waals surface area contributed by atoms with Crippen molar-refractivity contribution >= 4 is 22.7 Å². The highest BCUT2D eigenvalue weighted by atomic mass is 32.1. The first kappa shape index (κ1) is 16.2. The number of hydrogen-bond donors (Lipinski definition) is 0. The average Bonchev–Trinajstić information content (AvgIpc) is 3.32. The number of aromatic nitrogens is 3. The summed E-state index contributed by atoms with van der Waals surface area (Å²) in [5.74, 6) is 1.24. The molecule has 0 fully saturated rings. The van der Waals surface area contributed by atoms with Crippen LogP contribution in [0.5, 0.6) is 0 Å². The van der Waals surface area contributed by atoms with Gasteiger partial charge >= 0.3 is 0 Å². The topological polar surface area (TPSA) is 51.8 Å². The van der Waals surface area contributed by atoms with Crippen molar-refractivity contribution in [3.63, 3.8) is 0 Å². The molecule has 0 aliphatic heterocycles. The molecule has 6 heteroatoms. The Morgan fingerprint density at radius 2 is 1.84 bits per heavy atom. The number of thiazole rings is 1. The summed E-state index contributed by atoms with van der Waals surface area (Å²) in [7, 11) is 0. The largest absolute Gasteiger partial charge is 0.338 e.